The van der Waals surface area contributed by atoms with E-state index in [1.165, 1.54) is 34.6 Å². The van der Waals surface area contributed by atoms with Crippen molar-refractivity contribution in [3.8, 4) is 0 Å². The number of rotatable bonds is 5. The van der Waals surface area contributed by atoms with E-state index < -0.39 is 0 Å². The number of carbonyl (C=O) groups excluding carboxylic acids is 2. The molecule has 2 aromatic heterocycles. The minimum absolute atomic E-state index is 0.0961. The number of imidazole rings is 1. The highest BCUT2D eigenvalue weighted by Gasteiger charge is 2.17. The Morgan fingerprint density at radius 1 is 1.03 bits per heavy atom. The number of nitrogens with zero attached hydrogens (tertiary/aromatic N) is 2. The number of aromatic nitrogens is 2. The smallest absolute Gasteiger partial charge is 0.292 e. The Labute approximate surface area is 178 Å². The van der Waals surface area contributed by atoms with Crippen molar-refractivity contribution >= 4 is 34.2 Å². The average Bonchev–Trinajstić information content (AvgIpc) is 3.19. The van der Waals surface area contributed by atoms with Gasteiger partial charge in [0.25, 0.3) is 5.91 Å². The van der Waals surface area contributed by atoms with Gasteiger partial charge in [0, 0.05) is 24.4 Å². The Bertz CT molecular complexity index is 1120. The number of aryl methyl sites for hydroxylation is 4. The van der Waals surface area contributed by atoms with E-state index in [1.54, 1.807) is 9.13 Å². The summed E-state index contributed by atoms with van der Waals surface area (Å²) >= 11 is 1.52. The van der Waals surface area contributed by atoms with Crippen LogP contribution in [0.5, 0.6) is 0 Å². The van der Waals surface area contributed by atoms with Crippen LogP contribution in [-0.2, 0) is 30.7 Å². The first-order valence-electron chi connectivity index (χ1n) is 10.5. The van der Waals surface area contributed by atoms with Crippen LogP contribution in [0.25, 0.3) is 11.0 Å². The third-order valence-electron chi connectivity index (χ3n) is 5.59. The molecule has 2 amide bonds. The van der Waals surface area contributed by atoms with Gasteiger partial charge in [0.2, 0.25) is 5.91 Å². The molecule has 0 radical (unpaired) electrons. The Balaban J connectivity index is 1.36. The highest BCUT2D eigenvalue weighted by Crippen LogP contribution is 2.28. The average molecular weight is 427 g/mol. The number of fused-ring (bicyclic) bond motifs is 2. The molecule has 0 saturated carbocycles. The number of benzene rings is 1. The number of amides is 2. The quantitative estimate of drug-likeness (QED) is 0.486. The van der Waals surface area contributed by atoms with Gasteiger partial charge in [-0.15, -0.1) is 11.3 Å². The molecule has 7 nitrogen and oxygen atoms in total. The van der Waals surface area contributed by atoms with E-state index in [0.29, 0.717) is 11.4 Å². The van der Waals surface area contributed by atoms with Crippen LogP contribution in [0.3, 0.4) is 0 Å². The second-order valence-electron chi connectivity index (χ2n) is 7.54. The molecule has 158 valence electrons. The van der Waals surface area contributed by atoms with Crippen LogP contribution in [0.4, 0.5) is 0 Å². The summed E-state index contributed by atoms with van der Waals surface area (Å²) < 4.78 is 3.30. The minimum atomic E-state index is -0.332. The van der Waals surface area contributed by atoms with Crippen LogP contribution in [0.2, 0.25) is 0 Å². The first-order valence-corrected chi connectivity index (χ1v) is 11.3. The number of hydrazine groups is 1. The number of hydrogen-bond donors (Lipinski definition) is 2. The van der Waals surface area contributed by atoms with Gasteiger partial charge in [-0.2, -0.15) is 0 Å². The SMILES string of the molecule is CCn1c(=O)n(CCC(=O)NNC(=O)c2cc3c(s2)CCCCC3)c2ccccc21. The Morgan fingerprint density at radius 3 is 2.53 bits per heavy atom. The third kappa shape index (κ3) is 4.05. The van der Waals surface area contributed by atoms with Crippen molar-refractivity contribution in [2.24, 2.45) is 0 Å². The Hall–Kier alpha value is -2.87. The lowest BCUT2D eigenvalue weighted by Crippen LogP contribution is -2.41. The lowest BCUT2D eigenvalue weighted by atomic mass is 10.1. The monoisotopic (exact) mass is 426 g/mol. The van der Waals surface area contributed by atoms with E-state index in [1.807, 2.05) is 37.3 Å². The summed E-state index contributed by atoms with van der Waals surface area (Å²) in [4.78, 5) is 39.2. The minimum Gasteiger partial charge on any atom is -0.292 e. The topological polar surface area (TPSA) is 85.1 Å². The molecule has 1 aliphatic carbocycles. The lowest BCUT2D eigenvalue weighted by Gasteiger charge is -2.07. The number of nitrogens with one attached hydrogen (secondary N) is 2. The molecule has 1 aliphatic rings. The van der Waals surface area contributed by atoms with Crippen LogP contribution in [0.15, 0.2) is 35.1 Å². The van der Waals surface area contributed by atoms with Crippen LogP contribution in [0, 0.1) is 0 Å². The number of carbonyl (C=O) groups is 2. The summed E-state index contributed by atoms with van der Waals surface area (Å²) in [6.07, 6.45) is 5.71. The van der Waals surface area contributed by atoms with Crippen molar-refractivity contribution in [2.75, 3.05) is 0 Å². The first-order chi connectivity index (χ1) is 14.6. The maximum absolute atomic E-state index is 12.6. The van der Waals surface area contributed by atoms with Gasteiger partial charge in [0.05, 0.1) is 15.9 Å². The first kappa shape index (κ1) is 20.4. The summed E-state index contributed by atoms with van der Waals surface area (Å²) in [5.74, 6) is -0.622. The predicted molar refractivity (Wildman–Crippen MR) is 118 cm³/mol. The molecule has 0 unspecified atom stereocenters. The fourth-order valence-electron chi connectivity index (χ4n) is 4.04. The van der Waals surface area contributed by atoms with E-state index in [0.717, 1.165) is 30.3 Å². The van der Waals surface area contributed by atoms with Crippen molar-refractivity contribution < 1.29 is 9.59 Å². The van der Waals surface area contributed by atoms with E-state index in [9.17, 15) is 14.4 Å². The molecule has 0 aliphatic heterocycles. The molecule has 0 bridgehead atoms. The molecular formula is C22H26N4O3S. The van der Waals surface area contributed by atoms with Gasteiger partial charge >= 0.3 is 5.69 Å². The molecule has 0 saturated heterocycles. The largest absolute Gasteiger partial charge is 0.329 e. The summed E-state index contributed by atoms with van der Waals surface area (Å²) in [6, 6.07) is 9.50. The highest BCUT2D eigenvalue weighted by molar-refractivity contribution is 7.14. The Morgan fingerprint density at radius 2 is 1.77 bits per heavy atom. The molecule has 0 spiro atoms. The van der Waals surface area contributed by atoms with E-state index in [2.05, 4.69) is 10.9 Å². The molecule has 0 fully saturated rings. The maximum atomic E-state index is 12.6. The van der Waals surface area contributed by atoms with E-state index in [4.69, 9.17) is 0 Å². The van der Waals surface area contributed by atoms with Crippen LogP contribution in [0.1, 0.15) is 52.7 Å². The molecule has 3 aromatic rings. The van der Waals surface area contributed by atoms with Gasteiger partial charge in [0.15, 0.2) is 0 Å². The van der Waals surface area contributed by atoms with Crippen molar-refractivity contribution in [1.29, 1.82) is 0 Å². The van der Waals surface area contributed by atoms with Crippen LogP contribution >= 0.6 is 11.3 Å². The van der Waals surface area contributed by atoms with Gasteiger partial charge in [0.1, 0.15) is 0 Å². The zero-order chi connectivity index (χ0) is 21.1. The van der Waals surface area contributed by atoms with Crippen LogP contribution < -0.4 is 16.5 Å². The molecular weight excluding hydrogens is 400 g/mol. The van der Waals surface area contributed by atoms with Crippen LogP contribution in [-0.4, -0.2) is 20.9 Å². The zero-order valence-electron chi connectivity index (χ0n) is 17.1. The van der Waals surface area contributed by atoms with Gasteiger partial charge in [-0.25, -0.2) is 4.79 Å². The summed E-state index contributed by atoms with van der Waals surface area (Å²) in [5.41, 5.74) is 7.79. The zero-order valence-corrected chi connectivity index (χ0v) is 17.9. The highest BCUT2D eigenvalue weighted by atomic mass is 32.1. The maximum Gasteiger partial charge on any atom is 0.329 e. The van der Waals surface area contributed by atoms with Gasteiger partial charge in [-0.1, -0.05) is 18.6 Å². The fraction of sp³-hybridized carbons (Fsp3) is 0.409. The molecule has 30 heavy (non-hydrogen) atoms. The third-order valence-corrected chi connectivity index (χ3v) is 6.83. The molecule has 2 N–H and O–H groups in total. The summed E-state index contributed by atoms with van der Waals surface area (Å²) in [6.45, 7) is 2.74. The van der Waals surface area contributed by atoms with Crippen molar-refractivity contribution in [3.63, 3.8) is 0 Å². The molecule has 2 heterocycles. The molecule has 0 atom stereocenters. The van der Waals surface area contributed by atoms with Gasteiger partial charge in [-0.05, 0) is 56.4 Å². The summed E-state index contributed by atoms with van der Waals surface area (Å²) in [5, 5.41) is 0. The molecule has 8 heteroatoms. The predicted octanol–water partition coefficient (Wildman–Crippen LogP) is 3.00. The van der Waals surface area contributed by atoms with Crippen molar-refractivity contribution in [2.45, 2.75) is 58.5 Å². The van der Waals surface area contributed by atoms with E-state index in [-0.39, 0.29) is 30.5 Å². The second-order valence-corrected chi connectivity index (χ2v) is 8.68. The van der Waals surface area contributed by atoms with Crippen molar-refractivity contribution in [1.82, 2.24) is 20.0 Å². The number of para-hydroxylation sites is 2. The standard InChI is InChI=1S/C22H26N4O3S/c1-2-25-16-9-6-7-10-17(16)26(22(25)29)13-12-20(27)23-24-21(28)19-14-15-8-4-3-5-11-18(15)30-19/h6-7,9-10,14H,2-5,8,11-13H2,1H3,(H,23,27)(H,24,28). The Kier molecular flexibility index (Phi) is 6.03. The van der Waals surface area contributed by atoms with Gasteiger partial charge < -0.3 is 0 Å². The molecule has 4 rings (SSSR count). The van der Waals surface area contributed by atoms with Gasteiger partial charge in [-0.3, -0.25) is 29.6 Å². The lowest BCUT2D eigenvalue weighted by molar-refractivity contribution is -0.122. The number of thiophene rings is 1. The van der Waals surface area contributed by atoms with E-state index >= 15 is 0 Å². The summed E-state index contributed by atoms with van der Waals surface area (Å²) in [7, 11) is 0. The number of hydrogen-bond acceptors (Lipinski definition) is 4. The van der Waals surface area contributed by atoms with Crippen molar-refractivity contribution in [3.05, 3.63) is 56.1 Å². The fourth-order valence-corrected chi connectivity index (χ4v) is 5.19. The normalized spacial score (nSPS) is 13.6. The molecule has 1 aromatic carbocycles. The second kappa shape index (κ2) is 8.87.